The zero-order valence-electron chi connectivity index (χ0n) is 29.2. The molecule has 0 aliphatic carbocycles. The molecule has 1 unspecified atom stereocenters. The largest absolute Gasteiger partial charge is 0.404 e. The van der Waals surface area contributed by atoms with E-state index in [1.807, 2.05) is 0 Å². The number of pyridine rings is 2. The monoisotopic (exact) mass is 668 g/mol. The first kappa shape index (κ1) is 26.6. The van der Waals surface area contributed by atoms with Crippen LogP contribution in [-0.2, 0) is 16.5 Å². The fraction of sp³-hybridized carbons (Fsp3) is 0.149. The second-order valence-corrected chi connectivity index (χ2v) is 16.6. The van der Waals surface area contributed by atoms with Crippen molar-refractivity contribution >= 4 is 39.0 Å². The lowest BCUT2D eigenvalue weighted by molar-refractivity contribution is -0.936. The van der Waals surface area contributed by atoms with Crippen molar-refractivity contribution < 1.29 is 13.9 Å². The Kier molecular flexibility index (Phi) is 4.00. The summed E-state index contributed by atoms with van der Waals surface area (Å²) in [4.78, 5) is 2.68. The number of hydrogen-bond acceptors (Lipinski definition) is 2. The highest BCUT2D eigenvalue weighted by molar-refractivity contribution is 6.13. The molecular weight excluding hydrogens is 637 g/mol. The lowest BCUT2D eigenvalue weighted by Crippen LogP contribution is -2.76. The minimum absolute atomic E-state index is 0.221. The first-order valence-electron chi connectivity index (χ1n) is 18.5. The van der Waals surface area contributed by atoms with Crippen molar-refractivity contribution in [1.29, 1.82) is 0 Å². The van der Waals surface area contributed by atoms with E-state index in [0.717, 1.165) is 17.2 Å². The topological polar surface area (TPSA) is 25.2 Å². The first-order valence-corrected chi connectivity index (χ1v) is 18.5. The number of ether oxygens (including phenoxy) is 1. The molecule has 52 heavy (non-hydrogen) atoms. The molecule has 6 aliphatic heterocycles. The number of anilines is 3. The molecule has 0 amide bonds. The quantitative estimate of drug-likeness (QED) is 0.163. The van der Waals surface area contributed by atoms with E-state index >= 15 is 0 Å². The third-order valence-corrected chi connectivity index (χ3v) is 13.6. The Morgan fingerprint density at radius 3 is 2.15 bits per heavy atom. The Bertz CT molecular complexity index is 3100. The van der Waals surface area contributed by atoms with Crippen LogP contribution in [-0.4, -0.2) is 4.57 Å². The average Bonchev–Trinajstić information content (AvgIpc) is 3.66. The fourth-order valence-corrected chi connectivity index (χ4v) is 11.5. The summed E-state index contributed by atoms with van der Waals surface area (Å²) >= 11 is 0. The van der Waals surface area contributed by atoms with Crippen LogP contribution in [0, 0.1) is 0 Å². The highest BCUT2D eigenvalue weighted by Gasteiger charge is 2.74. The number of para-hydroxylation sites is 2. The van der Waals surface area contributed by atoms with Crippen LogP contribution < -0.4 is 18.8 Å². The Labute approximate surface area is 300 Å². The van der Waals surface area contributed by atoms with Gasteiger partial charge in [-0.05, 0) is 47.5 Å². The van der Waals surface area contributed by atoms with Crippen molar-refractivity contribution in [2.24, 2.45) is 0 Å². The van der Waals surface area contributed by atoms with Gasteiger partial charge in [0.05, 0.1) is 28.4 Å². The van der Waals surface area contributed by atoms with E-state index < -0.39 is 5.66 Å². The smallest absolute Gasteiger partial charge is 0.379 e. The van der Waals surface area contributed by atoms with E-state index in [-0.39, 0.29) is 10.8 Å². The standard InChI is InChI=1S/C47H32N4O/c1-45(2)29-14-10-15-30-42(29)49-43-31(45)18-21-35-39(43)47-40-37(22-17-28-27-13-8-9-16-33(27)48(35)41(28)40)52-38-24-26(25-11-6-5-7-12-25)23-36(50(38)47)34-20-19-32(46(30,3)4)44(49)51(34)47/h5-24H,1-4H3/q+2. The molecule has 0 N–H and O–H groups in total. The van der Waals surface area contributed by atoms with Gasteiger partial charge in [-0.3, -0.25) is 0 Å². The van der Waals surface area contributed by atoms with Gasteiger partial charge in [-0.25, -0.2) is 0 Å². The van der Waals surface area contributed by atoms with Crippen molar-refractivity contribution in [3.8, 4) is 39.8 Å². The van der Waals surface area contributed by atoms with E-state index in [9.17, 15) is 0 Å². The van der Waals surface area contributed by atoms with E-state index in [2.05, 4.69) is 168 Å². The molecule has 0 saturated carbocycles. The maximum Gasteiger partial charge on any atom is 0.379 e. The molecule has 5 nitrogen and oxygen atoms in total. The molecule has 9 heterocycles. The normalized spacial score (nSPS) is 19.7. The van der Waals surface area contributed by atoms with Crippen LogP contribution >= 0.6 is 0 Å². The number of nitrogens with zero attached hydrogens (tertiary/aromatic N) is 4. The SMILES string of the molecule is CC1(C)c2cccc3c2N2c4c1ccc1c4C45c6c(ccc7c8ccccc8n-1c67)Oc1cc(-c6ccccc6)cc([n+]14)-c1ccc(c2[n+]15)C3(C)C. The maximum absolute atomic E-state index is 7.20. The van der Waals surface area contributed by atoms with Crippen molar-refractivity contribution in [1.82, 2.24) is 4.57 Å². The van der Waals surface area contributed by atoms with Gasteiger partial charge in [0.2, 0.25) is 5.69 Å². The van der Waals surface area contributed by atoms with Gasteiger partial charge in [0.25, 0.3) is 11.5 Å². The highest BCUT2D eigenvalue weighted by atomic mass is 16.5. The summed E-state index contributed by atoms with van der Waals surface area (Å²) in [5.41, 5.74) is 18.0. The molecule has 14 rings (SSSR count). The molecule has 3 aromatic heterocycles. The fourth-order valence-electron chi connectivity index (χ4n) is 11.5. The van der Waals surface area contributed by atoms with E-state index in [1.165, 1.54) is 95.0 Å². The molecule has 8 aromatic rings. The zero-order chi connectivity index (χ0) is 34.2. The number of rotatable bonds is 1. The molecule has 5 heteroatoms. The summed E-state index contributed by atoms with van der Waals surface area (Å²) in [6, 6.07) is 45.6. The van der Waals surface area contributed by atoms with Crippen LogP contribution in [0.1, 0.15) is 61.1 Å². The van der Waals surface area contributed by atoms with Gasteiger partial charge in [0.1, 0.15) is 16.8 Å². The van der Waals surface area contributed by atoms with Crippen molar-refractivity contribution in [2.75, 3.05) is 4.90 Å². The van der Waals surface area contributed by atoms with Crippen molar-refractivity contribution in [3.63, 3.8) is 0 Å². The first-order chi connectivity index (χ1) is 25.3. The number of hydrogen-bond donors (Lipinski definition) is 0. The molecule has 0 fully saturated rings. The zero-order valence-corrected chi connectivity index (χ0v) is 29.2. The molecule has 1 atom stereocenters. The van der Waals surface area contributed by atoms with Crippen LogP contribution in [0.4, 0.5) is 17.2 Å². The lowest BCUT2D eigenvalue weighted by Gasteiger charge is -2.49. The summed E-state index contributed by atoms with van der Waals surface area (Å²) in [5, 5.41) is 2.53. The van der Waals surface area contributed by atoms with Gasteiger partial charge in [-0.15, -0.1) is 9.13 Å². The number of benzene rings is 5. The molecule has 244 valence electrons. The molecule has 0 radical (unpaired) electrons. The van der Waals surface area contributed by atoms with Crippen LogP contribution in [0.3, 0.4) is 0 Å². The molecule has 0 saturated heterocycles. The number of aromatic nitrogens is 3. The van der Waals surface area contributed by atoms with Crippen LogP contribution in [0.2, 0.25) is 0 Å². The van der Waals surface area contributed by atoms with Gasteiger partial charge in [-0.1, -0.05) is 100 Å². The predicted octanol–water partition coefficient (Wildman–Crippen LogP) is 9.78. The third kappa shape index (κ3) is 2.43. The second kappa shape index (κ2) is 7.83. The summed E-state index contributed by atoms with van der Waals surface area (Å²) in [5.74, 6) is 3.07. The molecular formula is C47H32N4O+2. The summed E-state index contributed by atoms with van der Waals surface area (Å²) < 4.78 is 15.0. The van der Waals surface area contributed by atoms with Crippen molar-refractivity contribution in [3.05, 3.63) is 155 Å². The minimum atomic E-state index is -0.703. The van der Waals surface area contributed by atoms with Gasteiger partial charge in [0, 0.05) is 44.4 Å². The molecule has 6 aliphatic rings. The predicted molar refractivity (Wildman–Crippen MR) is 203 cm³/mol. The van der Waals surface area contributed by atoms with E-state index in [1.54, 1.807) is 0 Å². The highest BCUT2D eigenvalue weighted by Crippen LogP contribution is 2.67. The molecule has 5 aromatic carbocycles. The summed E-state index contributed by atoms with van der Waals surface area (Å²) in [6.07, 6.45) is 0. The lowest BCUT2D eigenvalue weighted by atomic mass is 9.64. The Morgan fingerprint density at radius 1 is 0.558 bits per heavy atom. The van der Waals surface area contributed by atoms with Gasteiger partial charge >= 0.3 is 11.5 Å². The van der Waals surface area contributed by atoms with E-state index in [4.69, 9.17) is 4.74 Å². The minimum Gasteiger partial charge on any atom is -0.404 e. The van der Waals surface area contributed by atoms with Crippen LogP contribution in [0.25, 0.3) is 50.0 Å². The van der Waals surface area contributed by atoms with Crippen LogP contribution in [0.5, 0.6) is 11.6 Å². The second-order valence-electron chi connectivity index (χ2n) is 16.6. The van der Waals surface area contributed by atoms with Crippen LogP contribution in [0.15, 0.2) is 121 Å². The van der Waals surface area contributed by atoms with Gasteiger partial charge < -0.3 is 9.30 Å². The van der Waals surface area contributed by atoms with Gasteiger partial charge in [-0.2, -0.15) is 4.90 Å². The summed E-state index contributed by atoms with van der Waals surface area (Å²) in [7, 11) is 0. The molecule has 0 bridgehead atoms. The average molecular weight is 669 g/mol. The Hall–Kier alpha value is -6.20. The number of fused-ring (bicyclic) bond motifs is 5. The summed E-state index contributed by atoms with van der Waals surface area (Å²) in [6.45, 7) is 9.71. The Morgan fingerprint density at radius 2 is 1.31 bits per heavy atom. The maximum atomic E-state index is 7.20. The van der Waals surface area contributed by atoms with E-state index in [0.29, 0.717) is 0 Å². The Balaban J connectivity index is 1.29. The molecule has 1 spiro atoms. The third-order valence-electron chi connectivity index (χ3n) is 13.6. The van der Waals surface area contributed by atoms with Crippen molar-refractivity contribution in [2.45, 2.75) is 44.2 Å². The van der Waals surface area contributed by atoms with Gasteiger partial charge in [0.15, 0.2) is 11.4 Å².